The number of aromatic nitrogens is 2. The van der Waals surface area contributed by atoms with E-state index in [4.69, 9.17) is 0 Å². The van der Waals surface area contributed by atoms with E-state index < -0.39 is 9.84 Å². The minimum Gasteiger partial charge on any atom is -0.310 e. The van der Waals surface area contributed by atoms with Crippen molar-refractivity contribution in [3.05, 3.63) is 34.4 Å². The highest BCUT2D eigenvalue weighted by atomic mass is 32.2. The summed E-state index contributed by atoms with van der Waals surface area (Å²) in [4.78, 5) is 18.3. The van der Waals surface area contributed by atoms with Crippen LogP contribution >= 0.6 is 0 Å². The summed E-state index contributed by atoms with van der Waals surface area (Å²) in [5, 5.41) is 0.286. The largest absolute Gasteiger partial charge is 0.310 e. The van der Waals surface area contributed by atoms with Crippen LogP contribution in [0.3, 0.4) is 0 Å². The second-order valence-corrected chi connectivity index (χ2v) is 5.62. The van der Waals surface area contributed by atoms with Gasteiger partial charge in [-0.3, -0.25) is 4.79 Å². The molecule has 0 aliphatic carbocycles. The second-order valence-electron chi connectivity index (χ2n) is 3.60. The summed E-state index contributed by atoms with van der Waals surface area (Å²) in [6.07, 6.45) is 1.10. The Balaban J connectivity index is 2.87. The van der Waals surface area contributed by atoms with Crippen molar-refractivity contribution >= 4 is 20.7 Å². The number of H-pyrrole nitrogens is 1. The van der Waals surface area contributed by atoms with Crippen molar-refractivity contribution < 1.29 is 8.42 Å². The number of fused-ring (bicyclic) bond motifs is 1. The SMILES string of the molecule is Cc1nc2ccc(S(C)(=O)=O)cc2c(=O)[nH]1. The van der Waals surface area contributed by atoms with E-state index in [1.165, 1.54) is 18.2 Å². The molecule has 2 aromatic rings. The Hall–Kier alpha value is -1.69. The van der Waals surface area contributed by atoms with Crippen LogP contribution in [0, 0.1) is 6.92 Å². The third-order valence-corrected chi connectivity index (χ3v) is 3.33. The highest BCUT2D eigenvalue weighted by Crippen LogP contribution is 2.14. The highest BCUT2D eigenvalue weighted by Gasteiger charge is 2.09. The molecule has 0 atom stereocenters. The molecule has 0 aliphatic rings. The topological polar surface area (TPSA) is 79.9 Å². The lowest BCUT2D eigenvalue weighted by Crippen LogP contribution is -2.10. The van der Waals surface area contributed by atoms with Gasteiger partial charge in [0.2, 0.25) is 0 Å². The van der Waals surface area contributed by atoms with Gasteiger partial charge in [-0.05, 0) is 25.1 Å². The number of nitrogens with zero attached hydrogens (tertiary/aromatic N) is 1. The molecule has 0 bridgehead atoms. The fraction of sp³-hybridized carbons (Fsp3) is 0.200. The molecule has 1 heterocycles. The Kier molecular flexibility index (Phi) is 2.31. The second kappa shape index (κ2) is 3.41. The number of rotatable bonds is 1. The van der Waals surface area contributed by atoms with Gasteiger partial charge in [0, 0.05) is 6.26 Å². The van der Waals surface area contributed by atoms with Crippen molar-refractivity contribution in [2.75, 3.05) is 6.26 Å². The molecule has 16 heavy (non-hydrogen) atoms. The molecule has 84 valence electrons. The third-order valence-electron chi connectivity index (χ3n) is 2.22. The normalized spacial score (nSPS) is 11.9. The van der Waals surface area contributed by atoms with Crippen LogP contribution in [0.1, 0.15) is 5.82 Å². The first-order valence-electron chi connectivity index (χ1n) is 4.59. The van der Waals surface area contributed by atoms with E-state index in [2.05, 4.69) is 9.97 Å². The molecular weight excluding hydrogens is 228 g/mol. The zero-order valence-electron chi connectivity index (χ0n) is 8.81. The van der Waals surface area contributed by atoms with Crippen molar-refractivity contribution in [1.29, 1.82) is 0 Å². The number of hydrogen-bond donors (Lipinski definition) is 1. The summed E-state index contributed by atoms with van der Waals surface area (Å²) in [6.45, 7) is 1.67. The maximum Gasteiger partial charge on any atom is 0.258 e. The standard InChI is InChI=1S/C10H10N2O3S/c1-6-11-9-4-3-7(16(2,14)15)5-8(9)10(13)12-6/h3-5H,1-2H3,(H,11,12,13). The Morgan fingerprint density at radius 2 is 2.00 bits per heavy atom. The van der Waals surface area contributed by atoms with Gasteiger partial charge in [0.05, 0.1) is 15.8 Å². The number of sulfone groups is 1. The minimum absolute atomic E-state index is 0.121. The molecule has 1 N–H and O–H groups in total. The highest BCUT2D eigenvalue weighted by molar-refractivity contribution is 7.90. The van der Waals surface area contributed by atoms with E-state index in [-0.39, 0.29) is 15.8 Å². The Labute approximate surface area is 92.1 Å². The lowest BCUT2D eigenvalue weighted by atomic mass is 10.2. The van der Waals surface area contributed by atoms with Crippen molar-refractivity contribution in [2.45, 2.75) is 11.8 Å². The fourth-order valence-corrected chi connectivity index (χ4v) is 2.11. The quantitative estimate of drug-likeness (QED) is 0.790. The molecular formula is C10H10N2O3S. The minimum atomic E-state index is -3.30. The van der Waals surface area contributed by atoms with Gasteiger partial charge in [-0.25, -0.2) is 13.4 Å². The maximum atomic E-state index is 11.6. The lowest BCUT2D eigenvalue weighted by molar-refractivity contribution is 0.602. The van der Waals surface area contributed by atoms with E-state index >= 15 is 0 Å². The molecule has 1 aromatic carbocycles. The first-order valence-corrected chi connectivity index (χ1v) is 6.48. The van der Waals surface area contributed by atoms with Crippen molar-refractivity contribution in [1.82, 2.24) is 9.97 Å². The zero-order valence-corrected chi connectivity index (χ0v) is 9.63. The number of aromatic amines is 1. The maximum absolute atomic E-state index is 11.6. The molecule has 0 saturated carbocycles. The average Bonchev–Trinajstić information content (AvgIpc) is 2.15. The lowest BCUT2D eigenvalue weighted by Gasteiger charge is -2.01. The van der Waals surface area contributed by atoms with Crippen molar-refractivity contribution in [3.63, 3.8) is 0 Å². The van der Waals surface area contributed by atoms with Gasteiger partial charge in [0.1, 0.15) is 5.82 Å². The van der Waals surface area contributed by atoms with Crippen LogP contribution in [0.25, 0.3) is 10.9 Å². The number of nitrogens with one attached hydrogen (secondary N) is 1. The van der Waals surface area contributed by atoms with Crippen LogP contribution in [-0.4, -0.2) is 24.6 Å². The van der Waals surface area contributed by atoms with Gasteiger partial charge in [-0.15, -0.1) is 0 Å². The smallest absolute Gasteiger partial charge is 0.258 e. The predicted octanol–water partition coefficient (Wildman–Crippen LogP) is 0.635. The van der Waals surface area contributed by atoms with E-state index in [9.17, 15) is 13.2 Å². The van der Waals surface area contributed by atoms with Gasteiger partial charge in [0.25, 0.3) is 5.56 Å². The first kappa shape index (κ1) is 10.8. The van der Waals surface area contributed by atoms with Crippen molar-refractivity contribution in [2.24, 2.45) is 0 Å². The summed E-state index contributed by atoms with van der Waals surface area (Å²) in [5.74, 6) is 0.504. The number of benzene rings is 1. The number of aryl methyl sites for hydroxylation is 1. The van der Waals surface area contributed by atoms with Crippen LogP contribution < -0.4 is 5.56 Å². The van der Waals surface area contributed by atoms with Crippen LogP contribution in [0.15, 0.2) is 27.9 Å². The first-order chi connectivity index (χ1) is 7.38. The molecule has 5 nitrogen and oxygen atoms in total. The molecule has 0 saturated heterocycles. The van der Waals surface area contributed by atoms with E-state index in [1.807, 2.05) is 0 Å². The molecule has 0 fully saturated rings. The Morgan fingerprint density at radius 3 is 2.62 bits per heavy atom. The molecule has 0 unspecified atom stereocenters. The number of hydrogen-bond acceptors (Lipinski definition) is 4. The fourth-order valence-electron chi connectivity index (χ4n) is 1.47. The Morgan fingerprint density at radius 1 is 1.31 bits per heavy atom. The monoisotopic (exact) mass is 238 g/mol. The predicted molar refractivity (Wildman–Crippen MR) is 60.2 cm³/mol. The van der Waals surface area contributed by atoms with Gasteiger partial charge >= 0.3 is 0 Å². The van der Waals surface area contributed by atoms with Crippen LogP contribution in [0.4, 0.5) is 0 Å². The summed E-state index contributed by atoms with van der Waals surface area (Å²) in [5.41, 5.74) is 0.168. The van der Waals surface area contributed by atoms with Crippen molar-refractivity contribution in [3.8, 4) is 0 Å². The van der Waals surface area contributed by atoms with Gasteiger partial charge in [-0.2, -0.15) is 0 Å². The zero-order chi connectivity index (χ0) is 11.9. The molecule has 1 aromatic heterocycles. The Bertz CT molecular complexity index is 716. The van der Waals surface area contributed by atoms with Crippen LogP contribution in [0.2, 0.25) is 0 Å². The molecule has 0 aliphatic heterocycles. The van der Waals surface area contributed by atoms with E-state index in [0.29, 0.717) is 11.3 Å². The molecule has 0 spiro atoms. The third kappa shape index (κ3) is 1.83. The summed E-state index contributed by atoms with van der Waals surface area (Å²) >= 11 is 0. The molecule has 6 heteroatoms. The molecule has 0 radical (unpaired) electrons. The molecule has 0 amide bonds. The summed E-state index contributed by atoms with van der Waals surface area (Å²) in [7, 11) is -3.30. The van der Waals surface area contributed by atoms with Gasteiger partial charge < -0.3 is 4.98 Å². The van der Waals surface area contributed by atoms with E-state index in [0.717, 1.165) is 6.26 Å². The van der Waals surface area contributed by atoms with Gasteiger partial charge in [0.15, 0.2) is 9.84 Å². The van der Waals surface area contributed by atoms with Crippen LogP contribution in [-0.2, 0) is 9.84 Å². The summed E-state index contributed by atoms with van der Waals surface area (Å²) in [6, 6.07) is 4.33. The average molecular weight is 238 g/mol. The van der Waals surface area contributed by atoms with Gasteiger partial charge in [-0.1, -0.05) is 0 Å². The summed E-state index contributed by atoms with van der Waals surface area (Å²) < 4.78 is 22.6. The van der Waals surface area contributed by atoms with Crippen LogP contribution in [0.5, 0.6) is 0 Å². The van der Waals surface area contributed by atoms with E-state index in [1.54, 1.807) is 6.92 Å². The molecule has 2 rings (SSSR count).